The standard InChI is InChI=1S/C16H24O6/c1-7-8-11(20-6)16(5)12(17)10(22-14(16)19)9-21-13(18)15(2,3)4/h1,10-12,17H,8-9H2,2-6H3/t10-,11+,12-,16-/m1/s1. The first-order valence-corrected chi connectivity index (χ1v) is 7.11. The zero-order valence-corrected chi connectivity index (χ0v) is 13.7. The maximum atomic E-state index is 12.2. The van der Waals surface area contributed by atoms with Crippen molar-refractivity contribution in [3.05, 3.63) is 0 Å². The van der Waals surface area contributed by atoms with E-state index in [9.17, 15) is 14.7 Å². The molecule has 1 heterocycles. The fraction of sp³-hybridized carbons (Fsp3) is 0.750. The first-order valence-electron chi connectivity index (χ1n) is 7.11. The maximum Gasteiger partial charge on any atom is 0.317 e. The third kappa shape index (κ3) is 3.42. The summed E-state index contributed by atoms with van der Waals surface area (Å²) in [6.07, 6.45) is 2.65. The highest BCUT2D eigenvalue weighted by Crippen LogP contribution is 2.40. The lowest BCUT2D eigenvalue weighted by atomic mass is 9.77. The summed E-state index contributed by atoms with van der Waals surface area (Å²) in [5.41, 5.74) is -1.96. The molecule has 0 aromatic heterocycles. The van der Waals surface area contributed by atoms with E-state index in [-0.39, 0.29) is 13.0 Å². The number of carbonyl (C=O) groups is 2. The van der Waals surface area contributed by atoms with Gasteiger partial charge in [0.2, 0.25) is 0 Å². The van der Waals surface area contributed by atoms with Crippen LogP contribution >= 0.6 is 0 Å². The second-order valence-electron chi connectivity index (χ2n) is 6.65. The van der Waals surface area contributed by atoms with E-state index in [0.717, 1.165) is 0 Å². The number of terminal acetylenes is 1. The molecule has 0 aromatic rings. The van der Waals surface area contributed by atoms with Crippen LogP contribution in [0.1, 0.15) is 34.1 Å². The molecular formula is C16H24O6. The number of hydrogen-bond acceptors (Lipinski definition) is 6. The molecule has 6 nitrogen and oxygen atoms in total. The molecule has 1 rings (SSSR count). The van der Waals surface area contributed by atoms with Gasteiger partial charge in [0.25, 0.3) is 0 Å². The monoisotopic (exact) mass is 312 g/mol. The molecule has 0 unspecified atom stereocenters. The Morgan fingerprint density at radius 3 is 2.59 bits per heavy atom. The fourth-order valence-corrected chi connectivity index (χ4v) is 2.30. The lowest BCUT2D eigenvalue weighted by Gasteiger charge is -2.31. The molecule has 4 atom stereocenters. The van der Waals surface area contributed by atoms with Crippen molar-refractivity contribution in [2.75, 3.05) is 13.7 Å². The minimum atomic E-state index is -1.29. The lowest BCUT2D eigenvalue weighted by molar-refractivity contribution is -0.162. The van der Waals surface area contributed by atoms with Crippen molar-refractivity contribution in [1.82, 2.24) is 0 Å². The summed E-state index contributed by atoms with van der Waals surface area (Å²) in [6, 6.07) is 0. The van der Waals surface area contributed by atoms with Gasteiger partial charge in [-0.1, -0.05) is 0 Å². The normalized spacial score (nSPS) is 29.6. The second-order valence-corrected chi connectivity index (χ2v) is 6.65. The van der Waals surface area contributed by atoms with E-state index < -0.39 is 41.1 Å². The van der Waals surface area contributed by atoms with Crippen LogP contribution in [0.25, 0.3) is 0 Å². The molecule has 1 saturated heterocycles. The molecule has 1 aliphatic heterocycles. The van der Waals surface area contributed by atoms with Gasteiger partial charge in [-0.05, 0) is 27.7 Å². The molecule has 0 radical (unpaired) electrons. The Morgan fingerprint density at radius 1 is 1.55 bits per heavy atom. The zero-order chi connectivity index (χ0) is 17.1. The van der Waals surface area contributed by atoms with Crippen LogP contribution in [0.4, 0.5) is 0 Å². The predicted octanol–water partition coefficient (Wildman–Crippen LogP) is 0.907. The van der Waals surface area contributed by atoms with Crippen molar-refractivity contribution in [1.29, 1.82) is 0 Å². The molecule has 6 heteroatoms. The van der Waals surface area contributed by atoms with Crippen LogP contribution in [-0.2, 0) is 23.8 Å². The Balaban J connectivity index is 2.82. The first kappa shape index (κ1) is 18.5. The van der Waals surface area contributed by atoms with E-state index >= 15 is 0 Å². The number of esters is 2. The summed E-state index contributed by atoms with van der Waals surface area (Å²) in [5.74, 6) is 1.37. The Bertz CT molecular complexity index is 472. The zero-order valence-electron chi connectivity index (χ0n) is 13.7. The van der Waals surface area contributed by atoms with Crippen LogP contribution in [-0.4, -0.2) is 49.1 Å². The van der Waals surface area contributed by atoms with Crippen LogP contribution in [0.2, 0.25) is 0 Å². The summed E-state index contributed by atoms with van der Waals surface area (Å²) in [7, 11) is 1.42. The number of rotatable bonds is 5. The lowest BCUT2D eigenvalue weighted by Crippen LogP contribution is -2.47. The van der Waals surface area contributed by atoms with Gasteiger partial charge in [-0.2, -0.15) is 0 Å². The molecule has 1 fully saturated rings. The van der Waals surface area contributed by atoms with Crippen molar-refractivity contribution in [3.63, 3.8) is 0 Å². The van der Waals surface area contributed by atoms with E-state index in [4.69, 9.17) is 20.6 Å². The van der Waals surface area contributed by atoms with Gasteiger partial charge in [-0.3, -0.25) is 9.59 Å². The SMILES string of the molecule is C#CC[C@H](OC)[C@@]1(C)C(=O)O[C@H](COC(=O)C(C)(C)C)[C@H]1O. The topological polar surface area (TPSA) is 82.1 Å². The fourth-order valence-electron chi connectivity index (χ4n) is 2.30. The van der Waals surface area contributed by atoms with Gasteiger partial charge in [0.05, 0.1) is 11.5 Å². The number of aliphatic hydroxyl groups excluding tert-OH is 1. The minimum Gasteiger partial charge on any atom is -0.461 e. The van der Waals surface area contributed by atoms with Crippen molar-refractivity contribution in [3.8, 4) is 12.3 Å². The summed E-state index contributed by atoms with van der Waals surface area (Å²) in [4.78, 5) is 23.9. The maximum absolute atomic E-state index is 12.2. The smallest absolute Gasteiger partial charge is 0.317 e. The number of cyclic esters (lactones) is 1. The van der Waals surface area contributed by atoms with Gasteiger partial charge in [-0.15, -0.1) is 12.3 Å². The van der Waals surface area contributed by atoms with E-state index in [1.54, 1.807) is 20.8 Å². The summed E-state index contributed by atoms with van der Waals surface area (Å²) >= 11 is 0. The van der Waals surface area contributed by atoms with Crippen LogP contribution in [0, 0.1) is 23.2 Å². The van der Waals surface area contributed by atoms with Crippen LogP contribution < -0.4 is 0 Å². The predicted molar refractivity (Wildman–Crippen MR) is 78.7 cm³/mol. The highest BCUT2D eigenvalue weighted by Gasteiger charge is 2.58. The molecule has 0 amide bonds. The number of ether oxygens (including phenoxy) is 3. The van der Waals surface area contributed by atoms with Gasteiger partial charge in [-0.25, -0.2) is 0 Å². The van der Waals surface area contributed by atoms with Crippen molar-refractivity contribution >= 4 is 11.9 Å². The van der Waals surface area contributed by atoms with E-state index in [1.165, 1.54) is 14.0 Å². The Hall–Kier alpha value is -1.58. The molecule has 0 saturated carbocycles. The third-order valence-electron chi connectivity index (χ3n) is 3.91. The van der Waals surface area contributed by atoms with Gasteiger partial charge in [0.1, 0.15) is 18.1 Å². The summed E-state index contributed by atoms with van der Waals surface area (Å²) in [5, 5.41) is 10.4. The molecule has 1 N–H and O–H groups in total. The Labute approximate surface area is 131 Å². The summed E-state index contributed by atoms with van der Waals surface area (Å²) in [6.45, 7) is 6.47. The Morgan fingerprint density at radius 2 is 2.14 bits per heavy atom. The van der Waals surface area contributed by atoms with Gasteiger partial charge in [0.15, 0.2) is 6.10 Å². The molecule has 0 aromatic carbocycles. The molecule has 0 spiro atoms. The first-order chi connectivity index (χ1) is 10.1. The highest BCUT2D eigenvalue weighted by molar-refractivity contribution is 5.81. The number of methoxy groups -OCH3 is 1. The van der Waals surface area contributed by atoms with E-state index in [2.05, 4.69) is 5.92 Å². The van der Waals surface area contributed by atoms with E-state index in [0.29, 0.717) is 0 Å². The third-order valence-corrected chi connectivity index (χ3v) is 3.91. The number of carbonyl (C=O) groups excluding carboxylic acids is 2. The van der Waals surface area contributed by atoms with Crippen molar-refractivity contribution < 1.29 is 28.9 Å². The average molecular weight is 312 g/mol. The minimum absolute atomic E-state index is 0.160. The summed E-state index contributed by atoms with van der Waals surface area (Å²) < 4.78 is 15.5. The molecule has 0 bridgehead atoms. The van der Waals surface area contributed by atoms with Crippen molar-refractivity contribution in [2.45, 2.75) is 52.4 Å². The molecule has 22 heavy (non-hydrogen) atoms. The van der Waals surface area contributed by atoms with Crippen LogP contribution in [0.15, 0.2) is 0 Å². The number of aliphatic hydroxyl groups is 1. The largest absolute Gasteiger partial charge is 0.461 e. The number of hydrogen-bond donors (Lipinski definition) is 1. The van der Waals surface area contributed by atoms with Crippen LogP contribution in [0.5, 0.6) is 0 Å². The molecule has 124 valence electrons. The van der Waals surface area contributed by atoms with Gasteiger partial charge < -0.3 is 19.3 Å². The molecule has 1 aliphatic rings. The van der Waals surface area contributed by atoms with Crippen LogP contribution in [0.3, 0.4) is 0 Å². The molecular weight excluding hydrogens is 288 g/mol. The second kappa shape index (κ2) is 6.67. The van der Waals surface area contributed by atoms with E-state index in [1.807, 2.05) is 0 Å². The Kier molecular flexibility index (Phi) is 5.60. The van der Waals surface area contributed by atoms with Gasteiger partial charge >= 0.3 is 11.9 Å². The van der Waals surface area contributed by atoms with Crippen molar-refractivity contribution in [2.24, 2.45) is 10.8 Å². The molecule has 0 aliphatic carbocycles. The quantitative estimate of drug-likeness (QED) is 0.600. The highest BCUT2D eigenvalue weighted by atomic mass is 16.6. The van der Waals surface area contributed by atoms with Gasteiger partial charge in [0, 0.05) is 13.5 Å². The average Bonchev–Trinajstić information content (AvgIpc) is 2.65.